The van der Waals surface area contributed by atoms with Crippen molar-refractivity contribution in [1.29, 1.82) is 0 Å². The monoisotopic (exact) mass is 349 g/mol. The molecule has 4 nitrogen and oxygen atoms in total. The van der Waals surface area contributed by atoms with Crippen molar-refractivity contribution < 1.29 is 9.90 Å². The van der Waals surface area contributed by atoms with E-state index in [1.807, 2.05) is 35.7 Å². The van der Waals surface area contributed by atoms with Gasteiger partial charge in [0.2, 0.25) is 0 Å². The fourth-order valence-electron chi connectivity index (χ4n) is 2.02. The second-order valence-corrected chi connectivity index (χ2v) is 5.79. The zero-order valence-corrected chi connectivity index (χ0v) is 12.4. The summed E-state index contributed by atoms with van der Waals surface area (Å²) in [7, 11) is 0. The summed E-state index contributed by atoms with van der Waals surface area (Å²) >= 11 is 4.61. The molecular formula is C14H8BrNO3S. The summed E-state index contributed by atoms with van der Waals surface area (Å²) in [6.07, 6.45) is 0. The van der Waals surface area contributed by atoms with E-state index >= 15 is 0 Å². The molecule has 0 atom stereocenters. The van der Waals surface area contributed by atoms with Crippen LogP contribution < -0.4 is 5.56 Å². The van der Waals surface area contributed by atoms with Crippen LogP contribution in [-0.4, -0.2) is 15.5 Å². The Hall–Kier alpha value is -1.92. The molecule has 0 aliphatic carbocycles. The van der Waals surface area contributed by atoms with Crippen LogP contribution in [0.1, 0.15) is 10.4 Å². The Labute approximate surface area is 126 Å². The van der Waals surface area contributed by atoms with Gasteiger partial charge in [0.1, 0.15) is 4.83 Å². The van der Waals surface area contributed by atoms with Gasteiger partial charge < -0.3 is 5.11 Å². The van der Waals surface area contributed by atoms with Crippen LogP contribution in [-0.2, 0) is 0 Å². The Bertz CT molecular complexity index is 867. The van der Waals surface area contributed by atoms with E-state index in [1.165, 1.54) is 15.7 Å². The number of halogens is 1. The molecule has 100 valence electrons. The first-order valence-corrected chi connectivity index (χ1v) is 7.38. The predicted molar refractivity (Wildman–Crippen MR) is 81.6 cm³/mol. The Morgan fingerprint density at radius 3 is 2.60 bits per heavy atom. The van der Waals surface area contributed by atoms with Crippen molar-refractivity contribution in [2.45, 2.75) is 0 Å². The number of hydrogen-bond donors (Lipinski definition) is 1. The number of carboxylic acids is 1. The molecule has 1 aromatic carbocycles. The number of pyridine rings is 1. The lowest BCUT2D eigenvalue weighted by atomic mass is 10.2. The highest BCUT2D eigenvalue weighted by Gasteiger charge is 2.17. The molecule has 20 heavy (non-hydrogen) atoms. The average molecular weight is 350 g/mol. The van der Waals surface area contributed by atoms with Crippen LogP contribution in [0.5, 0.6) is 0 Å². The van der Waals surface area contributed by atoms with Crippen LogP contribution in [0.3, 0.4) is 0 Å². The van der Waals surface area contributed by atoms with Crippen molar-refractivity contribution in [3.63, 3.8) is 0 Å². The van der Waals surface area contributed by atoms with Crippen LogP contribution in [0.25, 0.3) is 16.1 Å². The van der Waals surface area contributed by atoms with Crippen molar-refractivity contribution in [3.05, 3.63) is 62.2 Å². The van der Waals surface area contributed by atoms with Crippen molar-refractivity contribution in [2.75, 3.05) is 0 Å². The minimum absolute atomic E-state index is 0.0172. The molecule has 0 aliphatic heterocycles. The maximum Gasteiger partial charge on any atom is 0.337 e. The van der Waals surface area contributed by atoms with Gasteiger partial charge in [-0.05, 0) is 21.5 Å². The van der Waals surface area contributed by atoms with Crippen molar-refractivity contribution in [1.82, 2.24) is 4.40 Å². The fraction of sp³-hybridized carbons (Fsp3) is 0. The number of carboxylic acid groups (broad SMARTS) is 1. The lowest BCUT2D eigenvalue weighted by molar-refractivity contribution is 0.0696. The third-order valence-electron chi connectivity index (χ3n) is 2.94. The molecule has 0 saturated heterocycles. The van der Waals surface area contributed by atoms with Gasteiger partial charge in [0.15, 0.2) is 0 Å². The summed E-state index contributed by atoms with van der Waals surface area (Å²) in [4.78, 5) is 23.9. The van der Waals surface area contributed by atoms with E-state index in [0.29, 0.717) is 9.30 Å². The van der Waals surface area contributed by atoms with Crippen LogP contribution >= 0.6 is 27.3 Å². The molecule has 2 aromatic heterocycles. The quantitative estimate of drug-likeness (QED) is 0.770. The Kier molecular flexibility index (Phi) is 3.19. The van der Waals surface area contributed by atoms with Gasteiger partial charge in [-0.1, -0.05) is 30.3 Å². The van der Waals surface area contributed by atoms with Crippen molar-refractivity contribution >= 4 is 38.1 Å². The number of thiazole rings is 1. The molecule has 0 saturated carbocycles. The van der Waals surface area contributed by atoms with Gasteiger partial charge in [0.25, 0.3) is 5.56 Å². The number of aromatic carboxylic acids is 1. The lowest BCUT2D eigenvalue weighted by Gasteiger charge is -2.04. The average Bonchev–Trinajstić information content (AvgIpc) is 2.89. The number of carbonyl (C=O) groups is 1. The van der Waals surface area contributed by atoms with Gasteiger partial charge in [-0.3, -0.25) is 9.20 Å². The number of rotatable bonds is 2. The van der Waals surface area contributed by atoms with Gasteiger partial charge in [-0.2, -0.15) is 0 Å². The molecule has 2 heterocycles. The van der Waals surface area contributed by atoms with Crippen molar-refractivity contribution in [3.8, 4) is 11.3 Å². The number of hydrogen-bond acceptors (Lipinski definition) is 3. The normalized spacial score (nSPS) is 10.8. The smallest absolute Gasteiger partial charge is 0.337 e. The minimum atomic E-state index is -1.12. The topological polar surface area (TPSA) is 58.8 Å². The van der Waals surface area contributed by atoms with Gasteiger partial charge >= 0.3 is 5.97 Å². The van der Waals surface area contributed by atoms with Gasteiger partial charge in [0.05, 0.1) is 15.7 Å². The molecule has 0 bridgehead atoms. The second-order valence-electron chi connectivity index (χ2n) is 4.14. The van der Waals surface area contributed by atoms with Crippen LogP contribution in [0.4, 0.5) is 0 Å². The second kappa shape index (κ2) is 4.88. The van der Waals surface area contributed by atoms with E-state index in [4.69, 9.17) is 5.11 Å². The SMILES string of the molecule is O=C(O)c1cc(=O)n2c(-c3ccccc3)csc2c1Br. The summed E-state index contributed by atoms with van der Waals surface area (Å²) in [5.41, 5.74) is 1.31. The highest BCUT2D eigenvalue weighted by atomic mass is 79.9. The van der Waals surface area contributed by atoms with Crippen molar-refractivity contribution in [2.24, 2.45) is 0 Å². The summed E-state index contributed by atoms with van der Waals surface area (Å²) in [6.45, 7) is 0. The Morgan fingerprint density at radius 1 is 1.25 bits per heavy atom. The molecule has 3 aromatic rings. The van der Waals surface area contributed by atoms with E-state index in [-0.39, 0.29) is 11.1 Å². The highest BCUT2D eigenvalue weighted by molar-refractivity contribution is 9.10. The summed E-state index contributed by atoms with van der Waals surface area (Å²) in [6, 6.07) is 10.6. The molecule has 0 fully saturated rings. The third-order valence-corrected chi connectivity index (χ3v) is 4.95. The molecular weight excluding hydrogens is 342 g/mol. The zero-order valence-electron chi connectivity index (χ0n) is 10.0. The van der Waals surface area contributed by atoms with Crippen LogP contribution in [0, 0.1) is 0 Å². The maximum absolute atomic E-state index is 12.2. The maximum atomic E-state index is 12.2. The molecule has 0 radical (unpaired) electrons. The molecule has 0 aliphatic rings. The largest absolute Gasteiger partial charge is 0.478 e. The van der Waals surface area contributed by atoms with Crippen LogP contribution in [0.2, 0.25) is 0 Å². The first-order valence-electron chi connectivity index (χ1n) is 5.71. The summed E-state index contributed by atoms with van der Waals surface area (Å²) in [5, 5.41) is 10.9. The Morgan fingerprint density at radius 2 is 1.95 bits per heavy atom. The zero-order chi connectivity index (χ0) is 14.3. The minimum Gasteiger partial charge on any atom is -0.478 e. The molecule has 1 N–H and O–H groups in total. The van der Waals surface area contributed by atoms with Gasteiger partial charge in [-0.15, -0.1) is 11.3 Å². The van der Waals surface area contributed by atoms with E-state index in [0.717, 1.165) is 17.3 Å². The highest BCUT2D eigenvalue weighted by Crippen LogP contribution is 2.31. The number of fused-ring (bicyclic) bond motifs is 1. The molecule has 3 rings (SSSR count). The third kappa shape index (κ3) is 1.97. The Balaban J connectivity index is 2.38. The molecule has 0 amide bonds. The lowest BCUT2D eigenvalue weighted by Crippen LogP contribution is -2.15. The van der Waals surface area contributed by atoms with E-state index in [2.05, 4.69) is 15.9 Å². The van der Waals surface area contributed by atoms with Gasteiger partial charge in [-0.25, -0.2) is 4.79 Å². The first kappa shape index (κ1) is 13.1. The summed E-state index contributed by atoms with van der Waals surface area (Å²) in [5.74, 6) is -1.12. The number of benzene rings is 1. The predicted octanol–water partition coefficient (Wildman–Crippen LogP) is 3.49. The van der Waals surface area contributed by atoms with Gasteiger partial charge in [0, 0.05) is 11.4 Å². The summed E-state index contributed by atoms with van der Waals surface area (Å²) < 4.78 is 1.95. The molecule has 0 spiro atoms. The van der Waals surface area contributed by atoms with E-state index in [9.17, 15) is 9.59 Å². The molecule has 0 unspecified atom stereocenters. The number of nitrogens with zero attached hydrogens (tertiary/aromatic N) is 1. The van der Waals surface area contributed by atoms with E-state index in [1.54, 1.807) is 0 Å². The number of aromatic nitrogens is 1. The fourth-order valence-corrected chi connectivity index (χ4v) is 3.74. The molecule has 6 heteroatoms. The van der Waals surface area contributed by atoms with E-state index < -0.39 is 5.97 Å². The standard InChI is InChI=1S/C14H8BrNO3S/c15-12-9(14(18)19)6-11(17)16-10(7-20-13(12)16)8-4-2-1-3-5-8/h1-7H,(H,18,19). The first-order chi connectivity index (χ1) is 9.59. The van der Waals surface area contributed by atoms with Crippen LogP contribution in [0.15, 0.2) is 51.0 Å².